The van der Waals surface area contributed by atoms with E-state index in [1.807, 2.05) is 91.0 Å². The van der Waals surface area contributed by atoms with Crippen molar-refractivity contribution in [1.29, 1.82) is 0 Å². The number of fused-ring (bicyclic) bond motifs is 9. The fraction of sp³-hybridized carbons (Fsp3) is 0. The number of hydrogen-bond acceptors (Lipinski definition) is 1. The Morgan fingerprint density at radius 2 is 1.08 bits per heavy atom. The van der Waals surface area contributed by atoms with E-state index in [1.165, 1.54) is 0 Å². The highest BCUT2D eigenvalue weighted by molar-refractivity contribution is 6.15. The van der Waals surface area contributed by atoms with E-state index in [-0.39, 0.29) is 57.6 Å². The van der Waals surface area contributed by atoms with Gasteiger partial charge in [-0.3, -0.25) is 0 Å². The molecule has 238 valence electrons. The Morgan fingerprint density at radius 1 is 0.412 bits per heavy atom. The Bertz CT molecular complexity index is 3530. The van der Waals surface area contributed by atoms with Crippen molar-refractivity contribution in [1.82, 2.24) is 9.13 Å². The number of furan rings is 1. The summed E-state index contributed by atoms with van der Waals surface area (Å²) in [6, 6.07) is 43.7. The van der Waals surface area contributed by atoms with E-state index >= 15 is 0 Å². The summed E-state index contributed by atoms with van der Waals surface area (Å²) in [4.78, 5) is 0. The molecule has 0 saturated heterocycles. The predicted molar refractivity (Wildman–Crippen MR) is 213 cm³/mol. The Kier molecular flexibility index (Phi) is 4.67. The van der Waals surface area contributed by atoms with Crippen molar-refractivity contribution in [2.24, 2.45) is 0 Å². The molecule has 0 radical (unpaired) electrons. The van der Waals surface area contributed by atoms with Crippen LogP contribution in [-0.4, -0.2) is 9.13 Å². The number of para-hydroxylation sites is 4. The molecule has 51 heavy (non-hydrogen) atoms. The van der Waals surface area contributed by atoms with Gasteiger partial charge >= 0.3 is 0 Å². The van der Waals surface area contributed by atoms with E-state index in [0.29, 0.717) is 22.4 Å². The Balaban J connectivity index is 1.24. The minimum Gasteiger partial charge on any atom is -0.454 e. The summed E-state index contributed by atoms with van der Waals surface area (Å²) in [5.41, 5.74) is 7.60. The lowest BCUT2D eigenvalue weighted by atomic mass is 9.99. The number of hydrogen-bond donors (Lipinski definition) is 0. The van der Waals surface area contributed by atoms with Crippen LogP contribution in [0, 0.1) is 0 Å². The number of aromatic nitrogens is 2. The zero-order chi connectivity index (χ0) is 39.6. The molecule has 0 atom stereocenters. The maximum atomic E-state index is 9.87. The quantitative estimate of drug-likeness (QED) is 0.185. The van der Waals surface area contributed by atoms with Gasteiger partial charge in [0, 0.05) is 38.0 Å². The Labute approximate surface area is 303 Å². The molecule has 3 aromatic heterocycles. The van der Waals surface area contributed by atoms with Crippen molar-refractivity contribution >= 4 is 65.6 Å². The molecule has 11 rings (SSSR count). The molecular formula is C48H30N2O. The van der Waals surface area contributed by atoms with Crippen molar-refractivity contribution in [3.05, 3.63) is 182 Å². The first-order valence-corrected chi connectivity index (χ1v) is 16.9. The van der Waals surface area contributed by atoms with Gasteiger partial charge in [-0.05, 0) is 88.9 Å². The zero-order valence-corrected chi connectivity index (χ0v) is 27.1. The van der Waals surface area contributed by atoms with Gasteiger partial charge < -0.3 is 13.6 Å². The van der Waals surface area contributed by atoms with Crippen LogP contribution in [0.4, 0.5) is 0 Å². The normalized spacial score (nSPS) is 13.8. The lowest BCUT2D eigenvalue weighted by molar-refractivity contribution is 0.666. The second kappa shape index (κ2) is 10.8. The molecule has 0 unspecified atom stereocenters. The third kappa shape index (κ3) is 4.19. The van der Waals surface area contributed by atoms with Gasteiger partial charge in [0.05, 0.1) is 37.3 Å². The summed E-state index contributed by atoms with van der Waals surface area (Å²) in [6.07, 6.45) is 0. The van der Waals surface area contributed by atoms with Crippen molar-refractivity contribution in [2.75, 3.05) is 0 Å². The highest BCUT2D eigenvalue weighted by Gasteiger charge is 2.19. The smallest absolute Gasteiger partial charge is 0.159 e. The first-order valence-electron chi connectivity index (χ1n) is 20.4. The van der Waals surface area contributed by atoms with Gasteiger partial charge in [0.2, 0.25) is 0 Å². The summed E-state index contributed by atoms with van der Waals surface area (Å²) in [6.45, 7) is 0. The Morgan fingerprint density at radius 3 is 1.88 bits per heavy atom. The SMILES string of the molecule is [2H]c1c([2H])c([2H])c2c(c1[2H])c1c([2H])c(-c3ccc4c(c3)c3cc(-c5ccccc5)ccc3n4-c3ccccc3)c([2H])c([2H])c1n2-c1cccc2c1oc1ccccc12. The van der Waals surface area contributed by atoms with Gasteiger partial charge in [-0.2, -0.15) is 0 Å². The van der Waals surface area contributed by atoms with Crippen LogP contribution in [0.15, 0.2) is 186 Å². The number of benzene rings is 8. The molecule has 0 bridgehead atoms. The molecule has 0 aliphatic rings. The molecule has 0 amide bonds. The third-order valence-electron chi connectivity index (χ3n) is 9.96. The van der Waals surface area contributed by atoms with Crippen molar-refractivity contribution < 1.29 is 14.0 Å². The molecular weight excluding hydrogens is 621 g/mol. The molecule has 0 spiro atoms. The maximum Gasteiger partial charge on any atom is 0.159 e. The molecule has 8 aromatic carbocycles. The monoisotopic (exact) mass is 657 g/mol. The molecule has 0 fully saturated rings. The highest BCUT2D eigenvalue weighted by Crippen LogP contribution is 2.41. The fourth-order valence-corrected chi connectivity index (χ4v) is 7.65. The van der Waals surface area contributed by atoms with Crippen LogP contribution in [0.2, 0.25) is 0 Å². The summed E-state index contributed by atoms with van der Waals surface area (Å²) in [5, 5.41) is 3.84. The summed E-state index contributed by atoms with van der Waals surface area (Å²) in [5.74, 6) is 0. The first-order chi connectivity index (χ1) is 28.2. The number of rotatable bonds is 4. The van der Waals surface area contributed by atoms with Gasteiger partial charge in [0.25, 0.3) is 0 Å². The van der Waals surface area contributed by atoms with E-state index in [0.717, 1.165) is 49.4 Å². The standard InChI is InChI=1S/C48H30N2O/c1-3-12-31(13-4-1)32-22-25-43-40(28-32)41-30-34(23-26-44(41)49(43)35-14-5-2-6-15-35)33-24-27-45-39(29-33)36-16-7-9-19-42(36)50(45)46-20-11-18-38-37-17-8-10-21-47(37)51-48(38)46/h1-30H/i7D,9D,16D,19D,24D,27D,29D. The van der Waals surface area contributed by atoms with Gasteiger partial charge in [-0.15, -0.1) is 0 Å². The molecule has 0 N–H and O–H groups in total. The topological polar surface area (TPSA) is 23.0 Å². The third-order valence-corrected chi connectivity index (χ3v) is 9.96. The fourth-order valence-electron chi connectivity index (χ4n) is 7.65. The van der Waals surface area contributed by atoms with Crippen LogP contribution in [0.1, 0.15) is 9.60 Å². The molecule has 3 nitrogen and oxygen atoms in total. The van der Waals surface area contributed by atoms with E-state index < -0.39 is 12.1 Å². The summed E-state index contributed by atoms with van der Waals surface area (Å²) >= 11 is 0. The van der Waals surface area contributed by atoms with Crippen LogP contribution in [0.3, 0.4) is 0 Å². The lowest BCUT2D eigenvalue weighted by Gasteiger charge is -2.10. The zero-order valence-electron chi connectivity index (χ0n) is 34.1. The molecule has 3 heterocycles. The average molecular weight is 658 g/mol. The Hall–Kier alpha value is -6.84. The van der Waals surface area contributed by atoms with E-state index in [4.69, 9.17) is 7.16 Å². The maximum absolute atomic E-state index is 9.87. The van der Waals surface area contributed by atoms with E-state index in [2.05, 4.69) is 47.0 Å². The molecule has 3 heteroatoms. The van der Waals surface area contributed by atoms with Gasteiger partial charge in [-0.1, -0.05) is 115 Å². The highest BCUT2D eigenvalue weighted by atomic mass is 16.3. The van der Waals surface area contributed by atoms with Crippen LogP contribution >= 0.6 is 0 Å². The van der Waals surface area contributed by atoms with Crippen LogP contribution in [-0.2, 0) is 0 Å². The van der Waals surface area contributed by atoms with Crippen LogP contribution in [0.25, 0.3) is 99.2 Å². The van der Waals surface area contributed by atoms with Gasteiger partial charge in [-0.25, -0.2) is 0 Å². The van der Waals surface area contributed by atoms with E-state index in [9.17, 15) is 6.85 Å². The minimum atomic E-state index is -0.440. The van der Waals surface area contributed by atoms with E-state index in [1.54, 1.807) is 10.6 Å². The van der Waals surface area contributed by atoms with Gasteiger partial charge in [0.1, 0.15) is 5.58 Å². The molecule has 0 saturated carbocycles. The first kappa shape index (κ1) is 22.0. The largest absolute Gasteiger partial charge is 0.454 e. The lowest BCUT2D eigenvalue weighted by Crippen LogP contribution is -1.94. The molecule has 0 aliphatic heterocycles. The van der Waals surface area contributed by atoms with Gasteiger partial charge in [0.15, 0.2) is 5.58 Å². The average Bonchev–Trinajstić information content (AvgIpc) is 3.93. The second-order valence-corrected chi connectivity index (χ2v) is 12.8. The predicted octanol–water partition coefficient (Wildman–Crippen LogP) is 13.1. The summed E-state index contributed by atoms with van der Waals surface area (Å²) in [7, 11) is 0. The van der Waals surface area contributed by atoms with Crippen molar-refractivity contribution in [2.45, 2.75) is 0 Å². The van der Waals surface area contributed by atoms with Crippen LogP contribution in [0.5, 0.6) is 0 Å². The second-order valence-electron chi connectivity index (χ2n) is 12.8. The summed E-state index contributed by atoms with van der Waals surface area (Å²) < 4.78 is 75.0. The van der Waals surface area contributed by atoms with Crippen LogP contribution < -0.4 is 0 Å². The molecule has 0 aliphatic carbocycles. The van der Waals surface area contributed by atoms with Crippen molar-refractivity contribution in [3.8, 4) is 33.6 Å². The van der Waals surface area contributed by atoms with Crippen molar-refractivity contribution in [3.63, 3.8) is 0 Å². The molecule has 11 aromatic rings. The minimum absolute atomic E-state index is 0.0994. The number of nitrogens with zero attached hydrogens (tertiary/aromatic N) is 2.